The molecular weight excluding hydrogens is 332 g/mol. The van der Waals surface area contributed by atoms with E-state index in [0.29, 0.717) is 40.4 Å². The fraction of sp³-hybridized carbons (Fsp3) is 0.800. The summed E-state index contributed by atoms with van der Waals surface area (Å²) in [7, 11) is 0. The zero-order valence-electron chi connectivity index (χ0n) is 17.7. The minimum Gasteiger partial charge on any atom is -0.392 e. The summed E-state index contributed by atoms with van der Waals surface area (Å²) in [5.74, 6) is 2.95. The molecule has 0 bridgehead atoms. The highest BCUT2D eigenvalue weighted by atomic mass is 16.3. The second kappa shape index (κ2) is 6.58. The van der Waals surface area contributed by atoms with Crippen LogP contribution in [0.3, 0.4) is 0 Å². The van der Waals surface area contributed by atoms with E-state index in [2.05, 4.69) is 40.3 Å². The van der Waals surface area contributed by atoms with Crippen LogP contribution >= 0.6 is 0 Å². The van der Waals surface area contributed by atoms with Crippen LogP contribution < -0.4 is 0 Å². The maximum absolute atomic E-state index is 11.9. The Bertz CT molecular complexity index is 663. The van der Waals surface area contributed by atoms with E-state index < -0.39 is 0 Å². The normalized spacial score (nSPS) is 54.0. The second-order valence-corrected chi connectivity index (χ2v) is 11.2. The van der Waals surface area contributed by atoms with E-state index in [1.807, 2.05) is 0 Å². The summed E-state index contributed by atoms with van der Waals surface area (Å²) in [5.41, 5.74) is 2.99. The molecule has 0 aromatic carbocycles. The average Bonchev–Trinajstić information content (AvgIpc) is 3.07. The standard InChI is InChI=1S/C25H38O2/c1-15(2)18-8-9-24(4)10-11-25(5)13-19-16(3)12-21(27)22(19)17(14-26)6-7-20(25)23(18)24/h6,14,16,18-23,27H,1,7-13H2,2-5H3/b17-6-/t16-,18+,19-,20-,21+,22-,23-,24-,25+/m0/s1. The summed E-state index contributed by atoms with van der Waals surface area (Å²) in [6, 6.07) is 0. The molecule has 27 heavy (non-hydrogen) atoms. The van der Waals surface area contributed by atoms with E-state index >= 15 is 0 Å². The van der Waals surface area contributed by atoms with E-state index in [4.69, 9.17) is 0 Å². The molecule has 1 N–H and O–H groups in total. The van der Waals surface area contributed by atoms with Crippen molar-refractivity contribution >= 4 is 6.29 Å². The van der Waals surface area contributed by atoms with Crippen LogP contribution in [-0.2, 0) is 4.79 Å². The van der Waals surface area contributed by atoms with E-state index in [9.17, 15) is 9.90 Å². The molecule has 2 nitrogen and oxygen atoms in total. The first kappa shape index (κ1) is 19.4. The van der Waals surface area contributed by atoms with Gasteiger partial charge in [-0.2, -0.15) is 0 Å². The Morgan fingerprint density at radius 1 is 1.26 bits per heavy atom. The van der Waals surface area contributed by atoms with Gasteiger partial charge < -0.3 is 5.11 Å². The molecule has 0 aromatic heterocycles. The molecular formula is C25H38O2. The van der Waals surface area contributed by atoms with Crippen LogP contribution in [0.2, 0.25) is 0 Å². The van der Waals surface area contributed by atoms with Crippen molar-refractivity contribution in [2.24, 2.45) is 46.3 Å². The van der Waals surface area contributed by atoms with Gasteiger partial charge in [0.05, 0.1) is 6.10 Å². The average molecular weight is 371 g/mol. The van der Waals surface area contributed by atoms with Crippen molar-refractivity contribution in [3.8, 4) is 0 Å². The number of carbonyl (C=O) groups is 1. The highest BCUT2D eigenvalue weighted by Crippen LogP contribution is 2.66. The van der Waals surface area contributed by atoms with Crippen LogP contribution in [0.1, 0.15) is 72.6 Å². The molecule has 0 saturated heterocycles. The highest BCUT2D eigenvalue weighted by molar-refractivity contribution is 5.74. The highest BCUT2D eigenvalue weighted by Gasteiger charge is 2.58. The third-order valence-corrected chi connectivity index (χ3v) is 9.54. The van der Waals surface area contributed by atoms with Gasteiger partial charge in [0.2, 0.25) is 0 Å². The van der Waals surface area contributed by atoms with Crippen LogP contribution in [0.4, 0.5) is 0 Å². The first-order valence-corrected chi connectivity index (χ1v) is 11.2. The third-order valence-electron chi connectivity index (χ3n) is 9.54. The molecule has 0 aliphatic heterocycles. The molecule has 0 radical (unpaired) electrons. The molecule has 0 unspecified atom stereocenters. The predicted octanol–water partition coefficient (Wildman–Crippen LogP) is 5.56. The summed E-state index contributed by atoms with van der Waals surface area (Å²) >= 11 is 0. The molecule has 3 fully saturated rings. The molecule has 0 heterocycles. The lowest BCUT2D eigenvalue weighted by Gasteiger charge is -2.56. The van der Waals surface area contributed by atoms with Crippen LogP contribution in [-0.4, -0.2) is 17.5 Å². The van der Waals surface area contributed by atoms with E-state index in [1.54, 1.807) is 0 Å². The monoisotopic (exact) mass is 370 g/mol. The smallest absolute Gasteiger partial charge is 0.146 e. The predicted molar refractivity (Wildman–Crippen MR) is 110 cm³/mol. The molecule has 0 aromatic rings. The Morgan fingerprint density at radius 2 is 1.96 bits per heavy atom. The van der Waals surface area contributed by atoms with Gasteiger partial charge in [-0.1, -0.05) is 39.0 Å². The zero-order valence-corrected chi connectivity index (χ0v) is 17.7. The molecule has 0 amide bonds. The van der Waals surface area contributed by atoms with Crippen molar-refractivity contribution in [3.63, 3.8) is 0 Å². The zero-order chi connectivity index (χ0) is 19.6. The maximum atomic E-state index is 11.9. The van der Waals surface area contributed by atoms with Gasteiger partial charge in [0.25, 0.3) is 0 Å². The molecule has 0 spiro atoms. The fourth-order valence-corrected chi connectivity index (χ4v) is 8.01. The molecule has 3 saturated carbocycles. The number of carbonyl (C=O) groups excluding carboxylic acids is 1. The lowest BCUT2D eigenvalue weighted by Crippen LogP contribution is -2.48. The Morgan fingerprint density at radius 3 is 2.63 bits per heavy atom. The lowest BCUT2D eigenvalue weighted by atomic mass is 9.49. The van der Waals surface area contributed by atoms with Crippen LogP contribution in [0.5, 0.6) is 0 Å². The SMILES string of the molecule is C=C(C)[C@H]1CC[C@@]2(C)CC[C@]3(C)C[C@@H]4[C@H](/C(C=O)=C\C[C@H]3[C@H]12)[C@H](O)C[C@@H]4C. The quantitative estimate of drug-likeness (QED) is 0.510. The number of hydrogen-bond donors (Lipinski definition) is 1. The van der Waals surface area contributed by atoms with Gasteiger partial charge in [0.1, 0.15) is 6.29 Å². The van der Waals surface area contributed by atoms with Gasteiger partial charge in [-0.3, -0.25) is 4.79 Å². The first-order chi connectivity index (χ1) is 12.7. The van der Waals surface area contributed by atoms with E-state index in [0.717, 1.165) is 24.7 Å². The van der Waals surface area contributed by atoms with Crippen molar-refractivity contribution in [3.05, 3.63) is 23.8 Å². The number of aldehydes is 1. The maximum Gasteiger partial charge on any atom is 0.146 e. The Labute approximate surface area is 165 Å². The summed E-state index contributed by atoms with van der Waals surface area (Å²) in [5, 5.41) is 10.7. The molecule has 4 rings (SSSR count). The van der Waals surface area contributed by atoms with Gasteiger partial charge in [0, 0.05) is 5.92 Å². The fourth-order valence-electron chi connectivity index (χ4n) is 8.01. The third kappa shape index (κ3) is 2.89. The van der Waals surface area contributed by atoms with Crippen molar-refractivity contribution in [1.29, 1.82) is 0 Å². The Kier molecular flexibility index (Phi) is 4.73. The molecule has 4 aliphatic carbocycles. The largest absolute Gasteiger partial charge is 0.392 e. The first-order valence-electron chi connectivity index (χ1n) is 11.2. The van der Waals surface area contributed by atoms with Gasteiger partial charge in [0.15, 0.2) is 0 Å². The summed E-state index contributed by atoms with van der Waals surface area (Å²) < 4.78 is 0. The summed E-state index contributed by atoms with van der Waals surface area (Å²) in [6.07, 6.45) is 11.2. The second-order valence-electron chi connectivity index (χ2n) is 11.2. The molecule has 2 heteroatoms. The Balaban J connectivity index is 1.77. The number of hydrogen-bond acceptors (Lipinski definition) is 2. The van der Waals surface area contributed by atoms with Gasteiger partial charge in [-0.15, -0.1) is 0 Å². The van der Waals surface area contributed by atoms with Gasteiger partial charge in [-0.25, -0.2) is 0 Å². The van der Waals surface area contributed by atoms with E-state index in [1.165, 1.54) is 37.7 Å². The lowest BCUT2D eigenvalue weighted by molar-refractivity contribution is -0.106. The van der Waals surface area contributed by atoms with Crippen molar-refractivity contribution in [1.82, 2.24) is 0 Å². The van der Waals surface area contributed by atoms with Crippen LogP contribution in [0, 0.1) is 46.3 Å². The summed E-state index contributed by atoms with van der Waals surface area (Å²) in [4.78, 5) is 11.9. The van der Waals surface area contributed by atoms with Gasteiger partial charge in [-0.05, 0) is 97.9 Å². The molecule has 4 aliphatic rings. The minimum absolute atomic E-state index is 0.0594. The number of allylic oxidation sites excluding steroid dienone is 2. The topological polar surface area (TPSA) is 37.3 Å². The van der Waals surface area contributed by atoms with Crippen molar-refractivity contribution in [2.75, 3.05) is 0 Å². The number of aliphatic hydroxyl groups is 1. The molecule has 9 atom stereocenters. The molecule has 150 valence electrons. The summed E-state index contributed by atoms with van der Waals surface area (Å²) in [6.45, 7) is 13.9. The number of aliphatic hydroxyl groups excluding tert-OH is 1. The van der Waals surface area contributed by atoms with Crippen molar-refractivity contribution < 1.29 is 9.90 Å². The van der Waals surface area contributed by atoms with Gasteiger partial charge >= 0.3 is 0 Å². The van der Waals surface area contributed by atoms with Crippen molar-refractivity contribution in [2.45, 2.75) is 78.7 Å². The number of fused-ring (bicyclic) bond motifs is 4. The van der Waals surface area contributed by atoms with Crippen LogP contribution in [0.25, 0.3) is 0 Å². The Hall–Kier alpha value is -0.890. The minimum atomic E-state index is -0.342. The number of rotatable bonds is 2. The van der Waals surface area contributed by atoms with Crippen LogP contribution in [0.15, 0.2) is 23.8 Å². The van der Waals surface area contributed by atoms with E-state index in [-0.39, 0.29) is 12.0 Å².